The normalized spacial score (nSPS) is 11.1. The van der Waals surface area contributed by atoms with E-state index >= 15 is 0 Å². The number of anilines is 1. The molecule has 0 aromatic carbocycles. The van der Waals surface area contributed by atoms with Gasteiger partial charge in [0.05, 0.1) is 17.7 Å². The first kappa shape index (κ1) is 16.5. The van der Waals surface area contributed by atoms with Crippen molar-refractivity contribution in [2.45, 2.75) is 13.1 Å². The van der Waals surface area contributed by atoms with E-state index < -0.39 is 29.2 Å². The Morgan fingerprint density at radius 2 is 2.13 bits per heavy atom. The molecule has 0 aliphatic heterocycles. The molecule has 0 saturated heterocycles. The van der Waals surface area contributed by atoms with Gasteiger partial charge in [0.25, 0.3) is 5.91 Å². The predicted octanol–water partition coefficient (Wildman–Crippen LogP) is 2.52. The summed E-state index contributed by atoms with van der Waals surface area (Å²) in [6, 6.07) is 1.72. The van der Waals surface area contributed by atoms with E-state index in [1.165, 1.54) is 0 Å². The van der Waals surface area contributed by atoms with E-state index in [9.17, 15) is 22.8 Å². The number of amides is 1. The second-order valence-corrected chi connectivity index (χ2v) is 4.17. The Morgan fingerprint density at radius 1 is 1.39 bits per heavy atom. The molecule has 0 spiro atoms. The smallest absolute Gasteiger partial charge is 0.417 e. The summed E-state index contributed by atoms with van der Waals surface area (Å²) in [5, 5.41) is 5.42. The summed E-state index contributed by atoms with van der Waals surface area (Å²) in [5.74, 6) is -2.18. The Labute approximate surface area is 127 Å². The summed E-state index contributed by atoms with van der Waals surface area (Å²) in [7, 11) is 0. The fourth-order valence-electron chi connectivity index (χ4n) is 1.64. The van der Waals surface area contributed by atoms with Gasteiger partial charge in [0.2, 0.25) is 5.88 Å². The van der Waals surface area contributed by atoms with E-state index in [1.807, 2.05) is 0 Å². The van der Waals surface area contributed by atoms with E-state index in [2.05, 4.69) is 24.7 Å². The molecule has 0 bridgehead atoms. The average molecular weight is 329 g/mol. The number of pyridine rings is 1. The van der Waals surface area contributed by atoms with Gasteiger partial charge in [-0.3, -0.25) is 15.1 Å². The minimum Gasteiger partial charge on any atom is -0.461 e. The van der Waals surface area contributed by atoms with Crippen LogP contribution in [0.5, 0.6) is 0 Å². The molecule has 2 heterocycles. The first-order chi connectivity index (χ1) is 10.8. The monoisotopic (exact) mass is 329 g/mol. The van der Waals surface area contributed by atoms with E-state index in [4.69, 9.17) is 0 Å². The lowest BCUT2D eigenvalue weighted by atomic mass is 10.1. The summed E-state index contributed by atoms with van der Waals surface area (Å²) in [4.78, 5) is 26.8. The van der Waals surface area contributed by atoms with Gasteiger partial charge in [0.15, 0.2) is 5.69 Å². The molecular formula is C13H10F3N3O4. The number of nitrogens with zero attached hydrogens (tertiary/aromatic N) is 2. The van der Waals surface area contributed by atoms with E-state index in [0.717, 1.165) is 18.5 Å². The maximum absolute atomic E-state index is 12.8. The number of nitrogens with one attached hydrogen (secondary N) is 1. The zero-order valence-electron chi connectivity index (χ0n) is 11.7. The highest BCUT2D eigenvalue weighted by atomic mass is 19.4. The molecule has 0 aliphatic carbocycles. The lowest BCUT2D eigenvalue weighted by molar-refractivity contribution is -0.138. The molecule has 0 aliphatic rings. The number of esters is 1. The molecule has 2 aromatic rings. The van der Waals surface area contributed by atoms with E-state index in [0.29, 0.717) is 6.07 Å². The zero-order valence-corrected chi connectivity index (χ0v) is 11.7. The zero-order chi connectivity index (χ0) is 17.0. The largest absolute Gasteiger partial charge is 0.461 e. The van der Waals surface area contributed by atoms with E-state index in [-0.39, 0.29) is 18.2 Å². The average Bonchev–Trinajstić information content (AvgIpc) is 2.95. The van der Waals surface area contributed by atoms with Crippen molar-refractivity contribution in [3.63, 3.8) is 0 Å². The number of carbonyl (C=O) groups is 2. The number of carbonyl (C=O) groups excluding carboxylic acids is 2. The van der Waals surface area contributed by atoms with Gasteiger partial charge >= 0.3 is 12.1 Å². The van der Waals surface area contributed by atoms with Crippen LogP contribution in [0.25, 0.3) is 0 Å². The van der Waals surface area contributed by atoms with Gasteiger partial charge in [-0.1, -0.05) is 5.16 Å². The van der Waals surface area contributed by atoms with Gasteiger partial charge < -0.3 is 9.26 Å². The molecule has 2 rings (SSSR count). The second kappa shape index (κ2) is 6.46. The van der Waals surface area contributed by atoms with Crippen molar-refractivity contribution in [2.75, 3.05) is 11.9 Å². The minimum absolute atomic E-state index is 0.109. The van der Waals surface area contributed by atoms with Crippen LogP contribution in [0.1, 0.15) is 33.3 Å². The van der Waals surface area contributed by atoms with Crippen LogP contribution in [-0.4, -0.2) is 28.6 Å². The highest BCUT2D eigenvalue weighted by Crippen LogP contribution is 2.31. The third kappa shape index (κ3) is 3.84. The summed E-state index contributed by atoms with van der Waals surface area (Å²) in [6.07, 6.45) is -3.01. The predicted molar refractivity (Wildman–Crippen MR) is 69.7 cm³/mol. The Balaban J connectivity index is 2.19. The van der Waals surface area contributed by atoms with Crippen LogP contribution in [0, 0.1) is 0 Å². The maximum atomic E-state index is 12.8. The molecule has 122 valence electrons. The lowest BCUT2D eigenvalue weighted by Gasteiger charge is -2.10. The van der Waals surface area contributed by atoms with Gasteiger partial charge in [-0.2, -0.15) is 13.2 Å². The van der Waals surface area contributed by atoms with Crippen LogP contribution in [0.15, 0.2) is 29.0 Å². The van der Waals surface area contributed by atoms with Gasteiger partial charge in [0, 0.05) is 18.5 Å². The van der Waals surface area contributed by atoms with Gasteiger partial charge in [-0.05, 0) is 13.0 Å². The van der Waals surface area contributed by atoms with Crippen LogP contribution >= 0.6 is 0 Å². The number of hydrogen-bond acceptors (Lipinski definition) is 6. The highest BCUT2D eigenvalue weighted by molar-refractivity contribution is 6.04. The maximum Gasteiger partial charge on any atom is 0.417 e. The van der Waals surface area contributed by atoms with Crippen molar-refractivity contribution in [3.05, 3.63) is 41.3 Å². The van der Waals surface area contributed by atoms with Crippen molar-refractivity contribution in [2.24, 2.45) is 0 Å². The topological polar surface area (TPSA) is 94.3 Å². The summed E-state index contributed by atoms with van der Waals surface area (Å²) < 4.78 is 47.8. The third-order valence-corrected chi connectivity index (χ3v) is 2.60. The molecule has 0 atom stereocenters. The molecule has 0 radical (unpaired) electrons. The molecule has 1 N–H and O–H groups in total. The number of aromatic nitrogens is 2. The minimum atomic E-state index is -4.72. The Kier molecular flexibility index (Phi) is 4.63. The van der Waals surface area contributed by atoms with Gasteiger partial charge in [0.1, 0.15) is 0 Å². The first-order valence-electron chi connectivity index (χ1n) is 6.29. The number of ether oxygens (including phenoxy) is 1. The first-order valence-corrected chi connectivity index (χ1v) is 6.29. The number of hydrogen-bond donors (Lipinski definition) is 1. The summed E-state index contributed by atoms with van der Waals surface area (Å²) in [6.45, 7) is 1.69. The molecule has 2 aromatic heterocycles. The van der Waals surface area contributed by atoms with Crippen LogP contribution in [0.4, 0.5) is 19.1 Å². The third-order valence-electron chi connectivity index (χ3n) is 2.60. The second-order valence-electron chi connectivity index (χ2n) is 4.17. The highest BCUT2D eigenvalue weighted by Gasteiger charge is 2.35. The molecule has 0 saturated carbocycles. The molecule has 0 fully saturated rings. The molecule has 0 unspecified atom stereocenters. The number of alkyl halides is 3. The van der Waals surface area contributed by atoms with Crippen LogP contribution in [0.2, 0.25) is 0 Å². The van der Waals surface area contributed by atoms with Gasteiger partial charge in [-0.25, -0.2) is 4.79 Å². The fraction of sp³-hybridized carbons (Fsp3) is 0.231. The van der Waals surface area contributed by atoms with Crippen LogP contribution < -0.4 is 5.32 Å². The van der Waals surface area contributed by atoms with Crippen LogP contribution in [-0.2, 0) is 10.9 Å². The standard InChI is InChI=1S/C13H10F3N3O4/c1-2-22-12(21)9-5-10(23-19-9)18-11(20)7-6-17-4-3-8(7)13(14,15)16/h3-6H,2H2,1H3,(H,18,20). The molecule has 23 heavy (non-hydrogen) atoms. The number of halogens is 3. The van der Waals surface area contributed by atoms with Crippen molar-refractivity contribution in [1.82, 2.24) is 10.1 Å². The van der Waals surface area contributed by atoms with Crippen LogP contribution in [0.3, 0.4) is 0 Å². The Morgan fingerprint density at radius 3 is 2.78 bits per heavy atom. The van der Waals surface area contributed by atoms with Crippen molar-refractivity contribution < 1.29 is 32.0 Å². The Bertz CT molecular complexity index is 727. The molecule has 10 heteroatoms. The van der Waals surface area contributed by atoms with E-state index in [1.54, 1.807) is 6.92 Å². The van der Waals surface area contributed by atoms with Crippen molar-refractivity contribution in [1.29, 1.82) is 0 Å². The van der Waals surface area contributed by atoms with Crippen molar-refractivity contribution >= 4 is 17.8 Å². The number of rotatable bonds is 4. The SMILES string of the molecule is CCOC(=O)c1cc(NC(=O)c2cnccc2C(F)(F)F)on1. The summed E-state index contributed by atoms with van der Waals surface area (Å²) in [5.41, 5.74) is -2.05. The molecular weight excluding hydrogens is 319 g/mol. The molecule has 1 amide bonds. The quantitative estimate of drug-likeness (QED) is 0.866. The fourth-order valence-corrected chi connectivity index (χ4v) is 1.64. The Hall–Kier alpha value is -2.91. The van der Waals surface area contributed by atoms with Gasteiger partial charge in [-0.15, -0.1) is 0 Å². The summed E-state index contributed by atoms with van der Waals surface area (Å²) >= 11 is 0. The lowest BCUT2D eigenvalue weighted by Crippen LogP contribution is -2.18. The van der Waals surface area contributed by atoms with Crippen molar-refractivity contribution in [3.8, 4) is 0 Å². The molecule has 7 nitrogen and oxygen atoms in total.